The average molecular weight is 265 g/mol. The highest BCUT2D eigenvalue weighted by molar-refractivity contribution is 6.02. The number of hydrogen-bond acceptors (Lipinski definition) is 3. The van der Waals surface area contributed by atoms with Crippen LogP contribution in [0.4, 0.5) is 10.1 Å². The van der Waals surface area contributed by atoms with Gasteiger partial charge >= 0.3 is 0 Å². The van der Waals surface area contributed by atoms with Gasteiger partial charge in [-0.05, 0) is 30.9 Å². The quantitative estimate of drug-likeness (QED) is 0.382. The molecule has 0 unspecified atom stereocenters. The number of rotatable bonds is 3. The van der Waals surface area contributed by atoms with Gasteiger partial charge in [-0.3, -0.25) is 0 Å². The largest absolute Gasteiger partial charge is 0.409 e. The molecule has 1 fully saturated rings. The lowest BCUT2D eigenvalue weighted by Gasteiger charge is -2.34. The molecule has 1 heterocycles. The molecule has 4 nitrogen and oxygen atoms in total. The first-order chi connectivity index (χ1) is 9.17. The monoisotopic (exact) mass is 265 g/mol. The van der Waals surface area contributed by atoms with E-state index in [9.17, 15) is 4.39 Å². The van der Waals surface area contributed by atoms with Gasteiger partial charge in [-0.25, -0.2) is 4.39 Å². The number of amidine groups is 1. The van der Waals surface area contributed by atoms with E-state index in [2.05, 4.69) is 17.0 Å². The molecule has 0 aromatic heterocycles. The molecule has 1 saturated heterocycles. The fourth-order valence-corrected chi connectivity index (χ4v) is 2.66. The second kappa shape index (κ2) is 5.91. The van der Waals surface area contributed by atoms with E-state index in [-0.39, 0.29) is 11.4 Å². The third-order valence-corrected chi connectivity index (χ3v) is 3.89. The number of nitrogens with zero attached hydrogens (tertiary/aromatic N) is 2. The zero-order valence-electron chi connectivity index (χ0n) is 11.1. The highest BCUT2D eigenvalue weighted by Gasteiger charge is 2.22. The van der Waals surface area contributed by atoms with Crippen molar-refractivity contribution >= 4 is 11.5 Å². The fourth-order valence-electron chi connectivity index (χ4n) is 2.66. The topological polar surface area (TPSA) is 61.8 Å². The van der Waals surface area contributed by atoms with E-state index in [4.69, 9.17) is 10.9 Å². The molecular weight excluding hydrogens is 245 g/mol. The third-order valence-electron chi connectivity index (χ3n) is 3.89. The number of nitrogens with two attached hydrogens (primary N) is 1. The molecule has 0 bridgehead atoms. The number of hydrogen-bond donors (Lipinski definition) is 2. The second-order valence-electron chi connectivity index (χ2n) is 4.96. The van der Waals surface area contributed by atoms with E-state index in [1.165, 1.54) is 12.5 Å². The number of anilines is 1. The summed E-state index contributed by atoms with van der Waals surface area (Å²) in [5.41, 5.74) is 6.50. The number of oxime groups is 1. The molecule has 0 saturated carbocycles. The molecule has 3 N–H and O–H groups in total. The first-order valence-corrected chi connectivity index (χ1v) is 6.68. The molecule has 0 radical (unpaired) electrons. The summed E-state index contributed by atoms with van der Waals surface area (Å²) in [5, 5.41) is 11.7. The van der Waals surface area contributed by atoms with Crippen molar-refractivity contribution in [3.8, 4) is 0 Å². The number of piperidine rings is 1. The molecule has 1 aromatic carbocycles. The average Bonchev–Trinajstić information content (AvgIpc) is 2.46. The number of halogens is 1. The van der Waals surface area contributed by atoms with Gasteiger partial charge in [-0.2, -0.15) is 0 Å². The lowest BCUT2D eigenvalue weighted by molar-refractivity contribution is 0.318. The van der Waals surface area contributed by atoms with Crippen molar-refractivity contribution in [3.05, 3.63) is 29.6 Å². The Morgan fingerprint density at radius 2 is 2.16 bits per heavy atom. The molecule has 19 heavy (non-hydrogen) atoms. The van der Waals surface area contributed by atoms with Crippen LogP contribution < -0.4 is 10.6 Å². The standard InChI is InChI=1S/C14H20FN3O/c1-2-10-6-8-18(9-7-10)12-5-3-4-11(15)13(12)14(16)17-19/h3-5,10,19H,2,6-9H2,1H3,(H2,16,17). The molecule has 0 aliphatic carbocycles. The molecule has 5 heteroatoms. The third kappa shape index (κ3) is 2.80. The summed E-state index contributed by atoms with van der Waals surface area (Å²) >= 11 is 0. The van der Waals surface area contributed by atoms with Crippen molar-refractivity contribution in [2.45, 2.75) is 26.2 Å². The zero-order chi connectivity index (χ0) is 13.8. The van der Waals surface area contributed by atoms with Crippen molar-refractivity contribution < 1.29 is 9.60 Å². The molecule has 104 valence electrons. The van der Waals surface area contributed by atoms with Crippen molar-refractivity contribution in [2.75, 3.05) is 18.0 Å². The van der Waals surface area contributed by atoms with Crippen LogP contribution in [0.25, 0.3) is 0 Å². The van der Waals surface area contributed by atoms with Gasteiger partial charge in [0.2, 0.25) is 0 Å². The lowest BCUT2D eigenvalue weighted by atomic mass is 9.93. The SMILES string of the molecule is CCC1CCN(c2cccc(F)c2C(N)=NO)CC1. The molecule has 0 amide bonds. The van der Waals surface area contributed by atoms with Crippen molar-refractivity contribution in [1.82, 2.24) is 0 Å². The Kier molecular flexibility index (Phi) is 4.24. The fraction of sp³-hybridized carbons (Fsp3) is 0.500. The van der Waals surface area contributed by atoms with Crippen LogP contribution in [0.3, 0.4) is 0 Å². The van der Waals surface area contributed by atoms with Crippen LogP contribution in [0.5, 0.6) is 0 Å². The van der Waals surface area contributed by atoms with Gasteiger partial charge in [0.05, 0.1) is 11.3 Å². The highest BCUT2D eigenvalue weighted by Crippen LogP contribution is 2.28. The maximum atomic E-state index is 13.9. The Morgan fingerprint density at radius 1 is 1.47 bits per heavy atom. The molecular formula is C14H20FN3O. The van der Waals surface area contributed by atoms with E-state index >= 15 is 0 Å². The molecule has 0 atom stereocenters. The summed E-state index contributed by atoms with van der Waals surface area (Å²) in [6, 6.07) is 4.81. The molecule has 2 rings (SSSR count). The Labute approximate surface area is 112 Å². The summed E-state index contributed by atoms with van der Waals surface area (Å²) in [7, 11) is 0. The zero-order valence-corrected chi connectivity index (χ0v) is 11.1. The first kappa shape index (κ1) is 13.6. The van der Waals surface area contributed by atoms with Crippen LogP contribution in [0.1, 0.15) is 31.7 Å². The minimum atomic E-state index is -0.453. The van der Waals surface area contributed by atoms with Crippen LogP contribution in [-0.4, -0.2) is 24.1 Å². The first-order valence-electron chi connectivity index (χ1n) is 6.68. The Morgan fingerprint density at radius 3 is 2.74 bits per heavy atom. The minimum Gasteiger partial charge on any atom is -0.409 e. The highest BCUT2D eigenvalue weighted by atomic mass is 19.1. The molecule has 1 aliphatic rings. The Hall–Kier alpha value is -1.78. The lowest BCUT2D eigenvalue weighted by Crippen LogP contribution is -2.35. The summed E-state index contributed by atoms with van der Waals surface area (Å²) in [6.45, 7) is 3.96. The molecule has 1 aromatic rings. The van der Waals surface area contributed by atoms with Gasteiger partial charge in [-0.15, -0.1) is 0 Å². The number of benzene rings is 1. The molecule has 0 spiro atoms. The van der Waals surface area contributed by atoms with Crippen molar-refractivity contribution in [3.63, 3.8) is 0 Å². The summed E-state index contributed by atoms with van der Waals surface area (Å²) in [5.74, 6) is 0.119. The van der Waals surface area contributed by atoms with E-state index < -0.39 is 5.82 Å². The van der Waals surface area contributed by atoms with E-state index in [0.29, 0.717) is 5.69 Å². The maximum absolute atomic E-state index is 13.9. The van der Waals surface area contributed by atoms with Crippen molar-refractivity contribution in [2.24, 2.45) is 16.8 Å². The van der Waals surface area contributed by atoms with Gasteiger partial charge in [0.15, 0.2) is 5.84 Å². The van der Waals surface area contributed by atoms with Gasteiger partial charge in [0.25, 0.3) is 0 Å². The summed E-state index contributed by atoms with van der Waals surface area (Å²) < 4.78 is 13.9. The van der Waals surface area contributed by atoms with Crippen LogP contribution in [0.15, 0.2) is 23.4 Å². The predicted octanol–water partition coefficient (Wildman–Crippen LogP) is 2.55. The Bertz CT molecular complexity index is 468. The predicted molar refractivity (Wildman–Crippen MR) is 74.1 cm³/mol. The Balaban J connectivity index is 2.28. The van der Waals surface area contributed by atoms with Gasteiger partial charge in [0, 0.05) is 13.1 Å². The summed E-state index contributed by atoms with van der Waals surface area (Å²) in [4.78, 5) is 2.11. The van der Waals surface area contributed by atoms with E-state index in [1.54, 1.807) is 6.07 Å². The van der Waals surface area contributed by atoms with Crippen LogP contribution in [0.2, 0.25) is 0 Å². The van der Waals surface area contributed by atoms with Crippen LogP contribution in [-0.2, 0) is 0 Å². The van der Waals surface area contributed by atoms with Gasteiger partial charge < -0.3 is 15.8 Å². The summed E-state index contributed by atoms with van der Waals surface area (Å²) in [6.07, 6.45) is 3.38. The van der Waals surface area contributed by atoms with E-state index in [1.807, 2.05) is 6.07 Å². The maximum Gasteiger partial charge on any atom is 0.175 e. The van der Waals surface area contributed by atoms with Crippen LogP contribution >= 0.6 is 0 Å². The second-order valence-corrected chi connectivity index (χ2v) is 4.96. The minimum absolute atomic E-state index is 0.175. The van der Waals surface area contributed by atoms with E-state index in [0.717, 1.165) is 31.8 Å². The smallest absolute Gasteiger partial charge is 0.175 e. The molecule has 1 aliphatic heterocycles. The van der Waals surface area contributed by atoms with Gasteiger partial charge in [0.1, 0.15) is 5.82 Å². The van der Waals surface area contributed by atoms with Gasteiger partial charge in [-0.1, -0.05) is 24.6 Å². The normalized spacial score (nSPS) is 17.8. The van der Waals surface area contributed by atoms with Crippen molar-refractivity contribution in [1.29, 1.82) is 0 Å². The van der Waals surface area contributed by atoms with Crippen LogP contribution in [0, 0.1) is 11.7 Å².